The minimum Gasteiger partial charge on any atom is -0.497 e. The summed E-state index contributed by atoms with van der Waals surface area (Å²) in [6, 6.07) is 6.23. The van der Waals surface area contributed by atoms with E-state index < -0.39 is 0 Å². The zero-order chi connectivity index (χ0) is 13.0. The molecule has 2 rings (SSSR count). The Bertz CT molecular complexity index is 397. The van der Waals surface area contributed by atoms with Crippen LogP contribution in [0.1, 0.15) is 31.2 Å². The zero-order valence-electron chi connectivity index (χ0n) is 10.7. The van der Waals surface area contributed by atoms with Crippen LogP contribution < -0.4 is 10.5 Å². The van der Waals surface area contributed by atoms with Gasteiger partial charge in [-0.3, -0.25) is 0 Å². The van der Waals surface area contributed by atoms with E-state index in [2.05, 4.69) is 15.9 Å². The molecule has 1 aromatic rings. The first-order chi connectivity index (χ1) is 8.69. The minimum absolute atomic E-state index is 0.298. The van der Waals surface area contributed by atoms with Crippen molar-refractivity contribution in [2.45, 2.75) is 44.4 Å². The van der Waals surface area contributed by atoms with Crippen molar-refractivity contribution in [2.24, 2.45) is 5.73 Å². The van der Waals surface area contributed by atoms with Gasteiger partial charge in [-0.25, -0.2) is 0 Å². The summed E-state index contributed by atoms with van der Waals surface area (Å²) in [7, 11) is 1.67. The molecule has 2 unspecified atom stereocenters. The molecular formula is C14H20BrNO2. The van der Waals surface area contributed by atoms with Crippen LogP contribution in [-0.4, -0.2) is 19.3 Å². The van der Waals surface area contributed by atoms with Crippen molar-refractivity contribution in [3.05, 3.63) is 28.2 Å². The topological polar surface area (TPSA) is 44.5 Å². The number of methoxy groups -OCH3 is 1. The van der Waals surface area contributed by atoms with Crippen molar-refractivity contribution in [3.8, 4) is 5.75 Å². The molecule has 1 aliphatic rings. The highest BCUT2D eigenvalue weighted by molar-refractivity contribution is 9.10. The first-order valence-electron chi connectivity index (χ1n) is 6.38. The van der Waals surface area contributed by atoms with Crippen molar-refractivity contribution >= 4 is 15.9 Å². The quantitative estimate of drug-likeness (QED) is 0.928. The summed E-state index contributed by atoms with van der Waals surface area (Å²) in [6.45, 7) is 0.606. The maximum atomic E-state index is 5.96. The lowest BCUT2D eigenvalue weighted by Crippen LogP contribution is -2.32. The molecule has 3 nitrogen and oxygen atoms in total. The van der Waals surface area contributed by atoms with Crippen LogP contribution in [-0.2, 0) is 11.3 Å². The highest BCUT2D eigenvalue weighted by Gasteiger charge is 2.19. The van der Waals surface area contributed by atoms with E-state index in [-0.39, 0.29) is 0 Å². The lowest BCUT2D eigenvalue weighted by atomic mass is 9.93. The second kappa shape index (κ2) is 6.55. The summed E-state index contributed by atoms with van der Waals surface area (Å²) in [5, 5.41) is 0. The Morgan fingerprint density at radius 3 is 2.94 bits per heavy atom. The molecule has 4 heteroatoms. The molecule has 0 aliphatic heterocycles. The van der Waals surface area contributed by atoms with Crippen molar-refractivity contribution in [2.75, 3.05) is 7.11 Å². The van der Waals surface area contributed by atoms with Crippen LogP contribution >= 0.6 is 15.9 Å². The Labute approximate surface area is 117 Å². The molecule has 0 saturated heterocycles. The van der Waals surface area contributed by atoms with Gasteiger partial charge in [0.1, 0.15) is 5.75 Å². The van der Waals surface area contributed by atoms with Gasteiger partial charge in [0.15, 0.2) is 0 Å². The van der Waals surface area contributed by atoms with Crippen LogP contribution in [0.15, 0.2) is 22.7 Å². The second-order valence-corrected chi connectivity index (χ2v) is 5.67. The number of ether oxygens (including phenoxy) is 2. The Hall–Kier alpha value is -0.580. The molecule has 1 aromatic carbocycles. The van der Waals surface area contributed by atoms with Gasteiger partial charge in [-0.2, -0.15) is 0 Å². The van der Waals surface area contributed by atoms with Gasteiger partial charge in [0, 0.05) is 10.5 Å². The summed E-state index contributed by atoms with van der Waals surface area (Å²) in [4.78, 5) is 0. The van der Waals surface area contributed by atoms with E-state index in [9.17, 15) is 0 Å². The molecule has 2 N–H and O–H groups in total. The summed E-state index contributed by atoms with van der Waals surface area (Å²) in [5.41, 5.74) is 7.08. The number of benzene rings is 1. The van der Waals surface area contributed by atoms with Crippen LogP contribution in [0.4, 0.5) is 0 Å². The Morgan fingerprint density at radius 1 is 1.39 bits per heavy atom. The van der Waals surface area contributed by atoms with Gasteiger partial charge in [-0.15, -0.1) is 0 Å². The number of hydrogen-bond acceptors (Lipinski definition) is 3. The van der Waals surface area contributed by atoms with E-state index in [0.29, 0.717) is 18.8 Å². The van der Waals surface area contributed by atoms with Gasteiger partial charge in [-0.1, -0.05) is 15.9 Å². The fourth-order valence-corrected chi connectivity index (χ4v) is 2.69. The van der Waals surface area contributed by atoms with Crippen LogP contribution in [0.5, 0.6) is 5.75 Å². The number of rotatable bonds is 4. The van der Waals surface area contributed by atoms with Crippen LogP contribution in [0.2, 0.25) is 0 Å². The fourth-order valence-electron chi connectivity index (χ4n) is 2.33. The number of hydrogen-bond donors (Lipinski definition) is 1. The van der Waals surface area contributed by atoms with E-state index in [1.807, 2.05) is 18.2 Å². The third-order valence-corrected chi connectivity index (χ3v) is 4.17. The molecule has 0 spiro atoms. The molecule has 0 amide bonds. The Balaban J connectivity index is 1.92. The Morgan fingerprint density at radius 2 is 2.22 bits per heavy atom. The molecule has 0 bridgehead atoms. The van der Waals surface area contributed by atoms with E-state index in [0.717, 1.165) is 35.0 Å². The summed E-state index contributed by atoms with van der Waals surface area (Å²) >= 11 is 3.54. The number of nitrogens with two attached hydrogens (primary N) is 1. The average Bonchev–Trinajstić information content (AvgIpc) is 2.38. The second-order valence-electron chi connectivity index (χ2n) is 4.82. The smallest absolute Gasteiger partial charge is 0.119 e. The third-order valence-electron chi connectivity index (χ3n) is 3.39. The van der Waals surface area contributed by atoms with Gasteiger partial charge < -0.3 is 15.2 Å². The highest BCUT2D eigenvalue weighted by Crippen LogP contribution is 2.26. The first kappa shape index (κ1) is 13.8. The fraction of sp³-hybridized carbons (Fsp3) is 0.571. The van der Waals surface area contributed by atoms with E-state index in [4.69, 9.17) is 15.2 Å². The summed E-state index contributed by atoms with van der Waals surface area (Å²) in [5.74, 6) is 0.858. The van der Waals surface area contributed by atoms with Crippen molar-refractivity contribution in [1.29, 1.82) is 0 Å². The van der Waals surface area contributed by atoms with Crippen LogP contribution in [0, 0.1) is 0 Å². The Kier molecular flexibility index (Phi) is 5.03. The lowest BCUT2D eigenvalue weighted by Gasteiger charge is -2.26. The molecule has 1 fully saturated rings. The molecule has 18 heavy (non-hydrogen) atoms. The van der Waals surface area contributed by atoms with Crippen molar-refractivity contribution in [1.82, 2.24) is 0 Å². The van der Waals surface area contributed by atoms with Gasteiger partial charge in [0.05, 0.1) is 19.8 Å². The normalized spacial score (nSPS) is 23.9. The molecule has 0 radical (unpaired) electrons. The van der Waals surface area contributed by atoms with Crippen LogP contribution in [0.25, 0.3) is 0 Å². The molecule has 1 aliphatic carbocycles. The first-order valence-corrected chi connectivity index (χ1v) is 7.18. The minimum atomic E-state index is 0.298. The zero-order valence-corrected chi connectivity index (χ0v) is 12.3. The van der Waals surface area contributed by atoms with Crippen molar-refractivity contribution < 1.29 is 9.47 Å². The van der Waals surface area contributed by atoms with Crippen molar-refractivity contribution in [3.63, 3.8) is 0 Å². The van der Waals surface area contributed by atoms with Gasteiger partial charge in [-0.05, 0) is 49.4 Å². The molecule has 0 heterocycles. The largest absolute Gasteiger partial charge is 0.497 e. The van der Waals surface area contributed by atoms with E-state index in [1.165, 1.54) is 6.42 Å². The predicted octanol–water partition coefficient (Wildman–Crippen LogP) is 3.24. The standard InChI is InChI=1S/C14H20BrNO2/c1-17-12-5-6-14(15)10(7-12)9-18-13-4-2-3-11(16)8-13/h5-7,11,13H,2-4,8-9,16H2,1H3. The van der Waals surface area contributed by atoms with E-state index >= 15 is 0 Å². The summed E-state index contributed by atoms with van der Waals surface area (Å²) in [6.07, 6.45) is 4.69. The van der Waals surface area contributed by atoms with Gasteiger partial charge >= 0.3 is 0 Å². The molecule has 0 aromatic heterocycles. The predicted molar refractivity (Wildman–Crippen MR) is 75.7 cm³/mol. The molecule has 100 valence electrons. The number of halogens is 1. The third kappa shape index (κ3) is 3.70. The molecule has 1 saturated carbocycles. The lowest BCUT2D eigenvalue weighted by molar-refractivity contribution is 0.0119. The van der Waals surface area contributed by atoms with Crippen LogP contribution in [0.3, 0.4) is 0 Å². The maximum Gasteiger partial charge on any atom is 0.119 e. The monoisotopic (exact) mass is 313 g/mol. The summed E-state index contributed by atoms with van der Waals surface area (Å²) < 4.78 is 12.2. The van der Waals surface area contributed by atoms with Gasteiger partial charge in [0.2, 0.25) is 0 Å². The molecule has 2 atom stereocenters. The molecular weight excluding hydrogens is 294 g/mol. The average molecular weight is 314 g/mol. The maximum absolute atomic E-state index is 5.96. The van der Waals surface area contributed by atoms with Gasteiger partial charge in [0.25, 0.3) is 0 Å². The van der Waals surface area contributed by atoms with E-state index in [1.54, 1.807) is 7.11 Å². The highest BCUT2D eigenvalue weighted by atomic mass is 79.9. The SMILES string of the molecule is COc1ccc(Br)c(COC2CCCC(N)C2)c1.